The second-order valence-electron chi connectivity index (χ2n) is 5.75. The monoisotopic (exact) mass is 342 g/mol. The maximum Gasteiger partial charge on any atom is 0.236 e. The largest absolute Gasteiger partial charge is 0.338 e. The molecule has 0 bridgehead atoms. The van der Waals surface area contributed by atoms with Crippen molar-refractivity contribution in [2.75, 3.05) is 31.1 Å². The average Bonchev–Trinajstić information content (AvgIpc) is 2.86. The zero-order valence-electron chi connectivity index (χ0n) is 13.3. The van der Waals surface area contributed by atoms with Crippen LogP contribution in [-0.2, 0) is 21.1 Å². The van der Waals surface area contributed by atoms with Crippen LogP contribution in [0.3, 0.4) is 0 Å². The van der Waals surface area contributed by atoms with E-state index in [1.165, 1.54) is 6.07 Å². The van der Waals surface area contributed by atoms with Gasteiger partial charge in [0.25, 0.3) is 0 Å². The Balaban J connectivity index is 1.78. The molecule has 1 saturated heterocycles. The number of nitrogens with one attached hydrogen (secondary N) is 1. The maximum absolute atomic E-state index is 13.5. The summed E-state index contributed by atoms with van der Waals surface area (Å²) in [7, 11) is -3.01. The van der Waals surface area contributed by atoms with Gasteiger partial charge in [-0.1, -0.05) is 18.2 Å². The molecule has 1 unspecified atom stereocenters. The molecule has 5 nitrogen and oxygen atoms in total. The van der Waals surface area contributed by atoms with E-state index in [2.05, 4.69) is 5.32 Å². The van der Waals surface area contributed by atoms with E-state index in [4.69, 9.17) is 0 Å². The van der Waals surface area contributed by atoms with Crippen LogP contribution in [0.4, 0.5) is 4.39 Å². The zero-order chi connectivity index (χ0) is 16.9. The Bertz CT molecular complexity index is 648. The van der Waals surface area contributed by atoms with Crippen molar-refractivity contribution < 1.29 is 17.6 Å². The Morgan fingerprint density at radius 2 is 2.13 bits per heavy atom. The first kappa shape index (κ1) is 17.9. The van der Waals surface area contributed by atoms with Crippen LogP contribution in [0.15, 0.2) is 24.3 Å². The van der Waals surface area contributed by atoms with Gasteiger partial charge in [0.2, 0.25) is 5.91 Å². The van der Waals surface area contributed by atoms with Crippen LogP contribution in [-0.4, -0.2) is 56.4 Å². The van der Waals surface area contributed by atoms with E-state index in [0.717, 1.165) is 0 Å². The molecule has 2 rings (SSSR count). The lowest BCUT2D eigenvalue weighted by molar-refractivity contribution is -0.131. The Morgan fingerprint density at radius 1 is 1.39 bits per heavy atom. The van der Waals surface area contributed by atoms with Gasteiger partial charge in [-0.25, -0.2) is 12.8 Å². The van der Waals surface area contributed by atoms with Crippen LogP contribution in [0.5, 0.6) is 0 Å². The molecule has 1 fully saturated rings. The molecule has 0 aromatic heterocycles. The van der Waals surface area contributed by atoms with E-state index in [-0.39, 0.29) is 35.8 Å². The number of carbonyl (C=O) groups excluding carboxylic acids is 1. The molecule has 1 aliphatic rings. The van der Waals surface area contributed by atoms with Crippen molar-refractivity contribution in [3.63, 3.8) is 0 Å². The zero-order valence-corrected chi connectivity index (χ0v) is 14.1. The minimum absolute atomic E-state index is 0.0573. The number of rotatable bonds is 7. The summed E-state index contributed by atoms with van der Waals surface area (Å²) >= 11 is 0. The van der Waals surface area contributed by atoms with E-state index in [1.54, 1.807) is 23.1 Å². The highest BCUT2D eigenvalue weighted by Crippen LogP contribution is 2.17. The van der Waals surface area contributed by atoms with Crippen LogP contribution in [0.2, 0.25) is 0 Å². The summed E-state index contributed by atoms with van der Waals surface area (Å²) in [6.07, 6.45) is 1.01. The van der Waals surface area contributed by atoms with Crippen molar-refractivity contribution in [1.82, 2.24) is 10.2 Å². The van der Waals surface area contributed by atoms with E-state index in [1.807, 2.05) is 6.92 Å². The summed E-state index contributed by atoms with van der Waals surface area (Å²) in [6.45, 7) is 2.97. The predicted octanol–water partition coefficient (Wildman–Crippen LogP) is 0.993. The summed E-state index contributed by atoms with van der Waals surface area (Å²) < 4.78 is 36.6. The van der Waals surface area contributed by atoms with Crippen molar-refractivity contribution in [3.8, 4) is 0 Å². The highest BCUT2D eigenvalue weighted by molar-refractivity contribution is 7.91. The van der Waals surface area contributed by atoms with Gasteiger partial charge in [-0.05, 0) is 37.9 Å². The Kier molecular flexibility index (Phi) is 6.12. The van der Waals surface area contributed by atoms with E-state index < -0.39 is 9.84 Å². The highest BCUT2D eigenvalue weighted by atomic mass is 32.2. The molecule has 1 aromatic carbocycles. The molecule has 0 spiro atoms. The van der Waals surface area contributed by atoms with Crippen LogP contribution < -0.4 is 5.32 Å². The minimum Gasteiger partial charge on any atom is -0.338 e. The first-order chi connectivity index (χ1) is 10.9. The molecule has 23 heavy (non-hydrogen) atoms. The Labute approximate surface area is 136 Å². The molecule has 1 N–H and O–H groups in total. The number of hydrogen-bond donors (Lipinski definition) is 1. The number of sulfone groups is 1. The van der Waals surface area contributed by atoms with E-state index in [9.17, 15) is 17.6 Å². The normalized spacial score (nSPS) is 19.7. The van der Waals surface area contributed by atoms with Crippen LogP contribution in [0.1, 0.15) is 18.9 Å². The third-order valence-electron chi connectivity index (χ3n) is 4.12. The number of carbonyl (C=O) groups is 1. The van der Waals surface area contributed by atoms with Gasteiger partial charge in [-0.3, -0.25) is 4.79 Å². The van der Waals surface area contributed by atoms with Gasteiger partial charge in [0.1, 0.15) is 5.82 Å². The van der Waals surface area contributed by atoms with Gasteiger partial charge < -0.3 is 10.2 Å². The van der Waals surface area contributed by atoms with Crippen molar-refractivity contribution in [2.24, 2.45) is 0 Å². The summed E-state index contributed by atoms with van der Waals surface area (Å²) in [5.74, 6) is -0.139. The van der Waals surface area contributed by atoms with Gasteiger partial charge in [0.15, 0.2) is 9.84 Å². The molecule has 1 amide bonds. The number of nitrogens with zero attached hydrogens (tertiary/aromatic N) is 1. The fourth-order valence-electron chi connectivity index (χ4n) is 2.88. The van der Waals surface area contributed by atoms with Gasteiger partial charge in [0.05, 0.1) is 18.1 Å². The number of hydrogen-bond acceptors (Lipinski definition) is 4. The smallest absolute Gasteiger partial charge is 0.236 e. The van der Waals surface area contributed by atoms with Crippen molar-refractivity contribution in [3.05, 3.63) is 35.6 Å². The lowest BCUT2D eigenvalue weighted by Crippen LogP contribution is -2.45. The lowest BCUT2D eigenvalue weighted by atomic mass is 10.1. The average molecular weight is 342 g/mol. The molecular weight excluding hydrogens is 319 g/mol. The van der Waals surface area contributed by atoms with Crippen LogP contribution >= 0.6 is 0 Å². The standard InChI is InChI=1S/C16H23FN2O3S/c1-2-19(14-8-10-23(21,22)12-14)16(20)11-18-9-7-13-5-3-4-6-15(13)17/h3-6,14,18H,2,7-12H2,1H3. The molecule has 1 aliphatic heterocycles. The molecule has 0 saturated carbocycles. The van der Waals surface area contributed by atoms with Gasteiger partial charge in [-0.15, -0.1) is 0 Å². The Morgan fingerprint density at radius 3 is 2.74 bits per heavy atom. The van der Waals surface area contributed by atoms with Crippen molar-refractivity contribution >= 4 is 15.7 Å². The Hall–Kier alpha value is -1.47. The third kappa shape index (κ3) is 5.00. The van der Waals surface area contributed by atoms with Gasteiger partial charge in [0, 0.05) is 12.6 Å². The molecule has 0 radical (unpaired) electrons. The quantitative estimate of drug-likeness (QED) is 0.751. The maximum atomic E-state index is 13.5. The fourth-order valence-corrected chi connectivity index (χ4v) is 4.61. The highest BCUT2D eigenvalue weighted by Gasteiger charge is 2.33. The predicted molar refractivity (Wildman–Crippen MR) is 87.4 cm³/mol. The van der Waals surface area contributed by atoms with Crippen molar-refractivity contribution in [2.45, 2.75) is 25.8 Å². The fraction of sp³-hybridized carbons (Fsp3) is 0.562. The summed E-state index contributed by atoms with van der Waals surface area (Å²) in [4.78, 5) is 13.9. The first-order valence-corrected chi connectivity index (χ1v) is 9.69. The van der Waals surface area contributed by atoms with E-state index in [0.29, 0.717) is 31.5 Å². The molecule has 0 aliphatic carbocycles. The molecule has 128 valence electrons. The number of benzene rings is 1. The first-order valence-electron chi connectivity index (χ1n) is 7.87. The number of likely N-dealkylation sites (N-methyl/N-ethyl adjacent to an activating group) is 1. The topological polar surface area (TPSA) is 66.5 Å². The third-order valence-corrected chi connectivity index (χ3v) is 5.87. The summed E-state index contributed by atoms with van der Waals surface area (Å²) in [5.41, 5.74) is 0.613. The summed E-state index contributed by atoms with van der Waals surface area (Å²) in [6, 6.07) is 6.35. The SMILES string of the molecule is CCN(C(=O)CNCCc1ccccc1F)C1CCS(=O)(=O)C1. The minimum atomic E-state index is -3.01. The molecular formula is C16H23FN2O3S. The lowest BCUT2D eigenvalue weighted by Gasteiger charge is -2.27. The number of halogens is 1. The second-order valence-corrected chi connectivity index (χ2v) is 7.98. The number of amides is 1. The summed E-state index contributed by atoms with van der Waals surface area (Å²) in [5, 5.41) is 3.01. The molecule has 1 aromatic rings. The van der Waals surface area contributed by atoms with E-state index >= 15 is 0 Å². The van der Waals surface area contributed by atoms with Crippen molar-refractivity contribution in [1.29, 1.82) is 0 Å². The molecule has 1 atom stereocenters. The molecule has 1 heterocycles. The second kappa shape index (κ2) is 7.88. The molecule has 7 heteroatoms. The van der Waals surface area contributed by atoms with Gasteiger partial charge >= 0.3 is 0 Å². The van der Waals surface area contributed by atoms with Crippen LogP contribution in [0.25, 0.3) is 0 Å². The van der Waals surface area contributed by atoms with Crippen LogP contribution in [0, 0.1) is 5.82 Å². The van der Waals surface area contributed by atoms with Gasteiger partial charge in [-0.2, -0.15) is 0 Å².